The maximum absolute atomic E-state index is 12.9. The molecule has 1 atom stereocenters. The molecule has 0 bridgehead atoms. The SMILES string of the molecule is Cc1ccccc1C(CC(F)(F)F)NC1CCC(C(=O)O)CC1. The van der Waals surface area contributed by atoms with E-state index in [1.807, 2.05) is 19.1 Å². The highest BCUT2D eigenvalue weighted by atomic mass is 19.4. The number of rotatable bonds is 5. The smallest absolute Gasteiger partial charge is 0.390 e. The van der Waals surface area contributed by atoms with Crippen LogP contribution in [0.1, 0.15) is 49.3 Å². The molecule has 6 heteroatoms. The first-order valence-corrected chi connectivity index (χ1v) is 7.87. The summed E-state index contributed by atoms with van der Waals surface area (Å²) in [6, 6.07) is 6.22. The molecule has 0 radical (unpaired) electrons. The predicted octanol–water partition coefficient (Wildman–Crippen LogP) is 4.22. The highest BCUT2D eigenvalue weighted by Crippen LogP contribution is 2.33. The fourth-order valence-corrected chi connectivity index (χ4v) is 3.26. The van der Waals surface area contributed by atoms with Gasteiger partial charge in [-0.3, -0.25) is 4.79 Å². The van der Waals surface area contributed by atoms with Crippen molar-refractivity contribution in [3.8, 4) is 0 Å². The number of alkyl halides is 3. The van der Waals surface area contributed by atoms with Crippen molar-refractivity contribution in [3.05, 3.63) is 35.4 Å². The van der Waals surface area contributed by atoms with E-state index < -0.39 is 24.6 Å². The van der Waals surface area contributed by atoms with E-state index in [4.69, 9.17) is 5.11 Å². The number of hydrogen-bond donors (Lipinski definition) is 2. The molecule has 0 saturated heterocycles. The lowest BCUT2D eigenvalue weighted by Gasteiger charge is -2.32. The van der Waals surface area contributed by atoms with Crippen molar-refractivity contribution >= 4 is 5.97 Å². The van der Waals surface area contributed by atoms with Crippen molar-refractivity contribution in [2.45, 2.75) is 57.3 Å². The number of carboxylic acids is 1. The molecule has 2 N–H and O–H groups in total. The number of nitrogens with one attached hydrogen (secondary N) is 1. The summed E-state index contributed by atoms with van der Waals surface area (Å²) in [7, 11) is 0. The molecule has 2 rings (SSSR count). The summed E-state index contributed by atoms with van der Waals surface area (Å²) >= 11 is 0. The minimum atomic E-state index is -4.25. The van der Waals surface area contributed by atoms with Crippen molar-refractivity contribution in [1.82, 2.24) is 5.32 Å². The summed E-state index contributed by atoms with van der Waals surface area (Å²) < 4.78 is 38.8. The second kappa shape index (κ2) is 7.34. The molecule has 0 aromatic heterocycles. The van der Waals surface area contributed by atoms with Crippen LogP contribution >= 0.6 is 0 Å². The maximum atomic E-state index is 12.9. The van der Waals surface area contributed by atoms with Gasteiger partial charge in [0.2, 0.25) is 0 Å². The van der Waals surface area contributed by atoms with E-state index in [0.29, 0.717) is 31.2 Å². The van der Waals surface area contributed by atoms with Crippen LogP contribution in [0.5, 0.6) is 0 Å². The fraction of sp³-hybridized carbons (Fsp3) is 0.588. The maximum Gasteiger partial charge on any atom is 0.390 e. The molecule has 23 heavy (non-hydrogen) atoms. The van der Waals surface area contributed by atoms with Crippen molar-refractivity contribution in [1.29, 1.82) is 0 Å². The van der Waals surface area contributed by atoms with Crippen LogP contribution in [0.25, 0.3) is 0 Å². The van der Waals surface area contributed by atoms with Crippen LogP contribution in [0.2, 0.25) is 0 Å². The van der Waals surface area contributed by atoms with Crippen molar-refractivity contribution in [3.63, 3.8) is 0 Å². The Hall–Kier alpha value is -1.56. The fourth-order valence-electron chi connectivity index (χ4n) is 3.26. The van der Waals surface area contributed by atoms with Gasteiger partial charge in [0.25, 0.3) is 0 Å². The van der Waals surface area contributed by atoms with Gasteiger partial charge >= 0.3 is 12.1 Å². The van der Waals surface area contributed by atoms with Crippen LogP contribution in [0.4, 0.5) is 13.2 Å². The molecule has 1 aliphatic rings. The number of aryl methyl sites for hydroxylation is 1. The Kier molecular flexibility index (Phi) is 5.68. The molecule has 0 aliphatic heterocycles. The van der Waals surface area contributed by atoms with Gasteiger partial charge in [-0.15, -0.1) is 0 Å². The van der Waals surface area contributed by atoms with Gasteiger partial charge < -0.3 is 10.4 Å². The minimum Gasteiger partial charge on any atom is -0.481 e. The number of benzene rings is 1. The van der Waals surface area contributed by atoms with Crippen molar-refractivity contribution in [2.75, 3.05) is 0 Å². The van der Waals surface area contributed by atoms with Gasteiger partial charge in [-0.2, -0.15) is 13.2 Å². The molecular weight excluding hydrogens is 307 g/mol. The van der Waals surface area contributed by atoms with E-state index in [-0.39, 0.29) is 12.0 Å². The molecular formula is C17H22F3NO2. The number of carboxylic acid groups (broad SMARTS) is 1. The Balaban J connectivity index is 2.07. The molecule has 1 aliphatic carbocycles. The zero-order valence-corrected chi connectivity index (χ0v) is 13.1. The Morgan fingerprint density at radius 1 is 1.26 bits per heavy atom. The third-order valence-electron chi connectivity index (χ3n) is 4.51. The van der Waals surface area contributed by atoms with E-state index in [0.717, 1.165) is 5.56 Å². The molecule has 1 saturated carbocycles. The van der Waals surface area contributed by atoms with Crippen LogP contribution < -0.4 is 5.32 Å². The summed E-state index contributed by atoms with van der Waals surface area (Å²) in [6.07, 6.45) is -2.96. The summed E-state index contributed by atoms with van der Waals surface area (Å²) in [5, 5.41) is 12.1. The summed E-state index contributed by atoms with van der Waals surface area (Å²) in [6.45, 7) is 1.81. The van der Waals surface area contributed by atoms with E-state index in [9.17, 15) is 18.0 Å². The number of hydrogen-bond acceptors (Lipinski definition) is 2. The van der Waals surface area contributed by atoms with Gasteiger partial charge in [0, 0.05) is 12.1 Å². The zero-order valence-electron chi connectivity index (χ0n) is 13.1. The number of carbonyl (C=O) groups is 1. The van der Waals surface area contributed by atoms with Gasteiger partial charge in [-0.1, -0.05) is 24.3 Å². The first kappa shape index (κ1) is 17.8. The molecule has 0 amide bonds. The summed E-state index contributed by atoms with van der Waals surface area (Å²) in [5.41, 5.74) is 1.48. The normalized spacial score (nSPS) is 23.5. The molecule has 0 spiro atoms. The van der Waals surface area contributed by atoms with E-state index >= 15 is 0 Å². The van der Waals surface area contributed by atoms with Crippen LogP contribution in [0.3, 0.4) is 0 Å². The Bertz CT molecular complexity index is 537. The summed E-state index contributed by atoms with van der Waals surface area (Å²) in [5.74, 6) is -1.18. The quantitative estimate of drug-likeness (QED) is 0.850. The van der Waals surface area contributed by atoms with E-state index in [1.54, 1.807) is 12.1 Å². The number of aliphatic carboxylic acids is 1. The highest BCUT2D eigenvalue weighted by Gasteiger charge is 2.35. The second-order valence-electron chi connectivity index (χ2n) is 6.28. The van der Waals surface area contributed by atoms with Crippen molar-refractivity contribution in [2.24, 2.45) is 5.92 Å². The van der Waals surface area contributed by atoms with Crippen LogP contribution in [0.15, 0.2) is 24.3 Å². The third kappa shape index (κ3) is 5.23. The monoisotopic (exact) mass is 329 g/mol. The topological polar surface area (TPSA) is 49.3 Å². The first-order chi connectivity index (χ1) is 10.8. The van der Waals surface area contributed by atoms with E-state index in [1.165, 1.54) is 0 Å². The van der Waals surface area contributed by atoms with Gasteiger partial charge in [0.05, 0.1) is 12.3 Å². The van der Waals surface area contributed by atoms with Crippen LogP contribution in [-0.2, 0) is 4.79 Å². The summed E-state index contributed by atoms with van der Waals surface area (Å²) in [4.78, 5) is 11.0. The molecule has 3 nitrogen and oxygen atoms in total. The number of halogens is 3. The molecule has 1 aromatic carbocycles. The standard InChI is InChI=1S/C17H22F3NO2/c1-11-4-2-3-5-14(11)15(10-17(18,19)20)21-13-8-6-12(7-9-13)16(22)23/h2-5,12-13,15,21H,6-10H2,1H3,(H,22,23). The van der Waals surface area contributed by atoms with Crippen molar-refractivity contribution < 1.29 is 23.1 Å². The Labute approximate surface area is 133 Å². The van der Waals surface area contributed by atoms with E-state index in [2.05, 4.69) is 5.32 Å². The first-order valence-electron chi connectivity index (χ1n) is 7.87. The lowest BCUT2D eigenvalue weighted by atomic mass is 9.85. The van der Waals surface area contributed by atoms with Gasteiger partial charge in [-0.05, 0) is 43.7 Å². The predicted molar refractivity (Wildman–Crippen MR) is 81.1 cm³/mol. The zero-order chi connectivity index (χ0) is 17.0. The van der Waals surface area contributed by atoms with Gasteiger partial charge in [0.1, 0.15) is 0 Å². The largest absolute Gasteiger partial charge is 0.481 e. The molecule has 1 fully saturated rings. The second-order valence-corrected chi connectivity index (χ2v) is 6.28. The molecule has 1 unspecified atom stereocenters. The Morgan fingerprint density at radius 2 is 1.87 bits per heavy atom. The average molecular weight is 329 g/mol. The van der Waals surface area contributed by atoms with Crippen LogP contribution in [-0.4, -0.2) is 23.3 Å². The molecule has 0 heterocycles. The molecule has 128 valence electrons. The third-order valence-corrected chi connectivity index (χ3v) is 4.51. The van der Waals surface area contributed by atoms with Gasteiger partial charge in [0.15, 0.2) is 0 Å². The highest BCUT2D eigenvalue weighted by molar-refractivity contribution is 5.70. The lowest BCUT2D eigenvalue weighted by Crippen LogP contribution is -2.39. The lowest BCUT2D eigenvalue weighted by molar-refractivity contribution is -0.143. The minimum absolute atomic E-state index is 0.0717. The Morgan fingerprint density at radius 3 is 2.39 bits per heavy atom. The average Bonchev–Trinajstić information content (AvgIpc) is 2.46. The van der Waals surface area contributed by atoms with Crippen LogP contribution in [0, 0.1) is 12.8 Å². The molecule has 1 aromatic rings. The van der Waals surface area contributed by atoms with Gasteiger partial charge in [-0.25, -0.2) is 0 Å².